The number of carbonyl (C=O) groups excluding carboxylic acids is 1. The van der Waals surface area contributed by atoms with E-state index in [0.29, 0.717) is 15.6 Å². The summed E-state index contributed by atoms with van der Waals surface area (Å²) in [5, 5.41) is 1.09. The summed E-state index contributed by atoms with van der Waals surface area (Å²) in [5.41, 5.74) is 2.61. The number of aryl methyl sites for hydroxylation is 1. The lowest BCUT2D eigenvalue weighted by Crippen LogP contribution is -2.19. The quantitative estimate of drug-likeness (QED) is 0.248. The summed E-state index contributed by atoms with van der Waals surface area (Å²) in [6.45, 7) is 1.89. The molecule has 1 aliphatic heterocycles. The maximum atomic E-state index is 13.6. The first-order chi connectivity index (χ1) is 15.7. The Morgan fingerprint density at radius 1 is 0.909 bits per heavy atom. The maximum absolute atomic E-state index is 13.6. The number of nitrogens with zero attached hydrogens (tertiary/aromatic N) is 1. The van der Waals surface area contributed by atoms with Gasteiger partial charge in [-0.05, 0) is 60.5 Å². The summed E-state index contributed by atoms with van der Waals surface area (Å²) in [6, 6.07) is 19.1. The molecular formula is C25H21Cl2NO4S. The minimum absolute atomic E-state index is 0.158. The van der Waals surface area contributed by atoms with E-state index in [1.54, 1.807) is 78.9 Å². The zero-order valence-corrected chi connectivity index (χ0v) is 20.2. The van der Waals surface area contributed by atoms with Crippen molar-refractivity contribution in [1.82, 2.24) is 4.31 Å². The maximum Gasteiger partial charge on any atom is 0.335 e. The SMILES string of the molecule is COC(=O)/C(=C/c1ccc(Cl)cc1)[C@@H]1[C@@H](c2ccc(Cl)cc2)N1S(=O)(=O)c1ccc(C)cc1. The predicted molar refractivity (Wildman–Crippen MR) is 130 cm³/mol. The van der Waals surface area contributed by atoms with Crippen LogP contribution in [0.5, 0.6) is 0 Å². The van der Waals surface area contributed by atoms with Crippen molar-refractivity contribution in [3.8, 4) is 0 Å². The fourth-order valence-electron chi connectivity index (χ4n) is 3.76. The minimum atomic E-state index is -3.89. The van der Waals surface area contributed by atoms with Gasteiger partial charge in [-0.2, -0.15) is 4.31 Å². The zero-order valence-electron chi connectivity index (χ0n) is 17.9. The van der Waals surface area contributed by atoms with Crippen molar-refractivity contribution in [3.05, 3.63) is 105 Å². The van der Waals surface area contributed by atoms with Crippen LogP contribution < -0.4 is 0 Å². The summed E-state index contributed by atoms with van der Waals surface area (Å²) in [7, 11) is -2.62. The van der Waals surface area contributed by atoms with Gasteiger partial charge in [-0.1, -0.05) is 65.2 Å². The Kier molecular flexibility index (Phi) is 6.64. The highest BCUT2D eigenvalue weighted by Crippen LogP contribution is 2.51. The van der Waals surface area contributed by atoms with Crippen LogP contribution in [0.2, 0.25) is 10.0 Å². The van der Waals surface area contributed by atoms with Crippen LogP contribution in [-0.4, -0.2) is 31.8 Å². The molecular weight excluding hydrogens is 481 g/mol. The minimum Gasteiger partial charge on any atom is -0.466 e. The van der Waals surface area contributed by atoms with E-state index < -0.39 is 28.1 Å². The van der Waals surface area contributed by atoms with Gasteiger partial charge in [0, 0.05) is 10.0 Å². The summed E-state index contributed by atoms with van der Waals surface area (Å²) >= 11 is 12.0. The van der Waals surface area contributed by atoms with E-state index in [2.05, 4.69) is 0 Å². The molecule has 3 atom stereocenters. The lowest BCUT2D eigenvalue weighted by Gasteiger charge is -2.09. The van der Waals surface area contributed by atoms with Gasteiger partial charge in [0.2, 0.25) is 10.0 Å². The van der Waals surface area contributed by atoms with E-state index in [1.807, 2.05) is 6.92 Å². The number of hydrogen-bond donors (Lipinski definition) is 0. The molecule has 1 saturated heterocycles. The molecule has 0 aromatic heterocycles. The highest BCUT2D eigenvalue weighted by atomic mass is 35.5. The van der Waals surface area contributed by atoms with Crippen LogP contribution in [0.1, 0.15) is 22.7 Å². The van der Waals surface area contributed by atoms with E-state index in [1.165, 1.54) is 11.4 Å². The molecule has 3 aromatic carbocycles. The van der Waals surface area contributed by atoms with Gasteiger partial charge < -0.3 is 4.74 Å². The Morgan fingerprint density at radius 2 is 1.45 bits per heavy atom. The van der Waals surface area contributed by atoms with Crippen LogP contribution in [0.15, 0.2) is 83.3 Å². The van der Waals surface area contributed by atoms with Crippen LogP contribution in [0.4, 0.5) is 0 Å². The van der Waals surface area contributed by atoms with Crippen molar-refractivity contribution in [2.24, 2.45) is 0 Å². The number of rotatable bonds is 6. The second-order valence-electron chi connectivity index (χ2n) is 7.73. The second kappa shape index (κ2) is 9.31. The molecule has 1 fully saturated rings. The highest BCUT2D eigenvalue weighted by Gasteiger charge is 2.59. The van der Waals surface area contributed by atoms with Crippen molar-refractivity contribution in [1.29, 1.82) is 0 Å². The summed E-state index contributed by atoms with van der Waals surface area (Å²) in [5.74, 6) is -0.601. The molecule has 1 unspecified atom stereocenters. The van der Waals surface area contributed by atoms with Crippen LogP contribution in [0, 0.1) is 6.92 Å². The van der Waals surface area contributed by atoms with E-state index in [0.717, 1.165) is 11.1 Å². The van der Waals surface area contributed by atoms with Gasteiger partial charge in [0.05, 0.1) is 29.7 Å². The molecule has 5 nitrogen and oxygen atoms in total. The third-order valence-electron chi connectivity index (χ3n) is 5.50. The zero-order chi connectivity index (χ0) is 23.8. The first-order valence-corrected chi connectivity index (χ1v) is 12.3. The van der Waals surface area contributed by atoms with Crippen molar-refractivity contribution in [3.63, 3.8) is 0 Å². The molecule has 0 spiro atoms. The molecule has 0 radical (unpaired) electrons. The van der Waals surface area contributed by atoms with Crippen LogP contribution in [0.3, 0.4) is 0 Å². The van der Waals surface area contributed by atoms with Gasteiger partial charge >= 0.3 is 5.97 Å². The van der Waals surface area contributed by atoms with E-state index in [-0.39, 0.29) is 10.5 Å². The third kappa shape index (κ3) is 4.84. The lowest BCUT2D eigenvalue weighted by atomic mass is 10.0. The van der Waals surface area contributed by atoms with Gasteiger partial charge in [-0.25, -0.2) is 13.2 Å². The molecule has 170 valence electrons. The Labute approximate surface area is 203 Å². The van der Waals surface area contributed by atoms with Crippen molar-refractivity contribution >= 4 is 45.3 Å². The normalized spacial score (nSPS) is 20.4. The molecule has 8 heteroatoms. The smallest absolute Gasteiger partial charge is 0.335 e. The van der Waals surface area contributed by atoms with E-state index in [4.69, 9.17) is 27.9 Å². The fraction of sp³-hybridized carbons (Fsp3) is 0.160. The van der Waals surface area contributed by atoms with Gasteiger partial charge in [-0.15, -0.1) is 0 Å². The number of carbonyl (C=O) groups is 1. The number of benzene rings is 3. The topological polar surface area (TPSA) is 63.5 Å². The predicted octanol–water partition coefficient (Wildman–Crippen LogP) is 5.67. The Balaban J connectivity index is 1.82. The Morgan fingerprint density at radius 3 is 2.00 bits per heavy atom. The largest absolute Gasteiger partial charge is 0.466 e. The van der Waals surface area contributed by atoms with Crippen molar-refractivity contribution in [2.45, 2.75) is 23.9 Å². The third-order valence-corrected chi connectivity index (χ3v) is 7.88. The second-order valence-corrected chi connectivity index (χ2v) is 10.4. The standard InChI is InChI=1S/C25H21Cl2NO4S/c1-16-3-13-21(14-4-16)33(30,31)28-23(18-7-11-20(27)12-8-18)24(28)22(25(29)32-2)15-17-5-9-19(26)10-6-17/h3-15,23-24H,1-2H3/b22-15+/t23-,24-,28?/m1/s1. The Bertz CT molecular complexity index is 1300. The van der Waals surface area contributed by atoms with E-state index >= 15 is 0 Å². The van der Waals surface area contributed by atoms with Crippen LogP contribution in [0.25, 0.3) is 6.08 Å². The molecule has 0 amide bonds. The molecule has 0 N–H and O–H groups in total. The van der Waals surface area contributed by atoms with Gasteiger partial charge in [0.25, 0.3) is 0 Å². The van der Waals surface area contributed by atoms with Crippen molar-refractivity contribution < 1.29 is 17.9 Å². The average molecular weight is 502 g/mol. The van der Waals surface area contributed by atoms with Gasteiger partial charge in [-0.3, -0.25) is 0 Å². The number of hydrogen-bond acceptors (Lipinski definition) is 4. The number of sulfonamides is 1. The lowest BCUT2D eigenvalue weighted by molar-refractivity contribution is -0.136. The molecule has 1 aliphatic rings. The molecule has 4 rings (SSSR count). The average Bonchev–Trinajstić information content (AvgIpc) is 3.55. The van der Waals surface area contributed by atoms with Crippen LogP contribution in [-0.2, 0) is 19.6 Å². The molecule has 33 heavy (non-hydrogen) atoms. The van der Waals surface area contributed by atoms with Crippen molar-refractivity contribution in [2.75, 3.05) is 7.11 Å². The number of ether oxygens (including phenoxy) is 1. The summed E-state index contributed by atoms with van der Waals surface area (Å²) in [6.07, 6.45) is 1.64. The Hall–Kier alpha value is -2.64. The number of esters is 1. The first kappa shape index (κ1) is 23.5. The summed E-state index contributed by atoms with van der Waals surface area (Å²) in [4.78, 5) is 12.9. The number of halogens is 2. The summed E-state index contributed by atoms with van der Waals surface area (Å²) < 4.78 is 33.5. The van der Waals surface area contributed by atoms with Gasteiger partial charge in [0.15, 0.2) is 0 Å². The van der Waals surface area contributed by atoms with Gasteiger partial charge in [0.1, 0.15) is 0 Å². The first-order valence-electron chi connectivity index (χ1n) is 10.1. The molecule has 0 aliphatic carbocycles. The highest BCUT2D eigenvalue weighted by molar-refractivity contribution is 7.89. The van der Waals surface area contributed by atoms with Crippen LogP contribution >= 0.6 is 23.2 Å². The molecule has 3 aromatic rings. The fourth-order valence-corrected chi connectivity index (χ4v) is 5.75. The molecule has 0 saturated carbocycles. The molecule has 1 heterocycles. The monoisotopic (exact) mass is 501 g/mol. The number of methoxy groups -OCH3 is 1. The molecule has 0 bridgehead atoms. The van der Waals surface area contributed by atoms with E-state index in [9.17, 15) is 13.2 Å².